The van der Waals surface area contributed by atoms with Crippen molar-refractivity contribution in [3.8, 4) is 0 Å². The lowest BCUT2D eigenvalue weighted by molar-refractivity contribution is -0.332. The van der Waals surface area contributed by atoms with E-state index in [0.29, 0.717) is 19.4 Å². The van der Waals surface area contributed by atoms with E-state index in [1.807, 2.05) is 6.08 Å². The van der Waals surface area contributed by atoms with Crippen LogP contribution in [0.1, 0.15) is 219 Å². The van der Waals surface area contributed by atoms with E-state index in [1.165, 1.54) is 135 Å². The molecule has 0 amide bonds. The van der Waals surface area contributed by atoms with Gasteiger partial charge >= 0.3 is 5.97 Å². The lowest BCUT2D eigenvalue weighted by atomic mass is 9.98. The second-order valence-corrected chi connectivity index (χ2v) is 20.8. The van der Waals surface area contributed by atoms with Gasteiger partial charge in [0.1, 0.15) is 54.9 Å². The Bertz CT molecular complexity index is 1470. The highest BCUT2D eigenvalue weighted by atomic mass is 16.7. The van der Waals surface area contributed by atoms with Crippen LogP contribution in [0.4, 0.5) is 0 Å². The van der Waals surface area contributed by atoms with Crippen molar-refractivity contribution in [2.45, 2.75) is 287 Å². The Morgan fingerprint density at radius 3 is 1.28 bits per heavy atom. The van der Waals surface area contributed by atoms with Crippen LogP contribution in [0.15, 0.2) is 60.8 Å². The molecular formula is C61H108O14. The second kappa shape index (κ2) is 47.7. The summed E-state index contributed by atoms with van der Waals surface area (Å²) >= 11 is 0. The molecule has 0 aliphatic carbocycles. The SMILES string of the molecule is CC/C=C\C/C=C\C/C=C\C/C=C\C/C=C\CCOCC(COC1OC(COC2OC(CO)C(O)C(O)C2O)C(O)C(O)C1O)OC(=O)CCCCCCCCCCCCCCCCCCCCCCCCCCC. The molecule has 0 bridgehead atoms. The molecule has 0 spiro atoms. The number of ether oxygens (including phenoxy) is 6. The van der Waals surface area contributed by atoms with Crippen molar-refractivity contribution in [2.24, 2.45) is 0 Å². The second-order valence-electron chi connectivity index (χ2n) is 20.8. The summed E-state index contributed by atoms with van der Waals surface area (Å²) in [6.07, 6.45) is 43.2. The molecule has 2 fully saturated rings. The Labute approximate surface area is 454 Å². The number of aliphatic hydroxyl groups excluding tert-OH is 7. The van der Waals surface area contributed by atoms with E-state index in [-0.39, 0.29) is 19.6 Å². The molecule has 0 radical (unpaired) electrons. The van der Waals surface area contributed by atoms with E-state index in [9.17, 15) is 40.5 Å². The van der Waals surface area contributed by atoms with Crippen LogP contribution in [0, 0.1) is 0 Å². The summed E-state index contributed by atoms with van der Waals surface area (Å²) in [7, 11) is 0. The highest BCUT2D eigenvalue weighted by Gasteiger charge is 2.47. The number of hydrogen-bond acceptors (Lipinski definition) is 14. The average Bonchev–Trinajstić information content (AvgIpc) is 3.41. The van der Waals surface area contributed by atoms with Gasteiger partial charge in [-0.1, -0.05) is 229 Å². The minimum absolute atomic E-state index is 0.00750. The van der Waals surface area contributed by atoms with E-state index in [4.69, 9.17) is 28.4 Å². The fourth-order valence-electron chi connectivity index (χ4n) is 9.29. The van der Waals surface area contributed by atoms with Gasteiger partial charge in [0.15, 0.2) is 12.6 Å². The Morgan fingerprint density at radius 1 is 0.453 bits per heavy atom. The normalized spacial score (nSPS) is 25.0. The smallest absolute Gasteiger partial charge is 0.306 e. The zero-order chi connectivity index (χ0) is 54.4. The number of esters is 1. The molecular weight excluding hydrogens is 957 g/mol. The molecule has 2 rings (SSSR count). The van der Waals surface area contributed by atoms with Gasteiger partial charge in [0.05, 0.1) is 33.0 Å². The van der Waals surface area contributed by atoms with Crippen LogP contribution in [-0.4, -0.2) is 142 Å². The molecule has 2 aliphatic heterocycles. The van der Waals surface area contributed by atoms with Crippen LogP contribution < -0.4 is 0 Å². The van der Waals surface area contributed by atoms with Gasteiger partial charge in [-0.25, -0.2) is 0 Å². The van der Waals surface area contributed by atoms with Gasteiger partial charge in [-0.2, -0.15) is 0 Å². The molecule has 0 aromatic carbocycles. The van der Waals surface area contributed by atoms with E-state index in [0.717, 1.165) is 51.4 Å². The number of aliphatic hydroxyl groups is 7. The van der Waals surface area contributed by atoms with Gasteiger partial charge in [-0.15, -0.1) is 0 Å². The minimum atomic E-state index is -1.72. The molecule has 75 heavy (non-hydrogen) atoms. The number of rotatable bonds is 48. The summed E-state index contributed by atoms with van der Waals surface area (Å²) in [6.45, 7) is 3.38. The first-order chi connectivity index (χ1) is 36.6. The van der Waals surface area contributed by atoms with Gasteiger partial charge in [-0.3, -0.25) is 4.79 Å². The maximum atomic E-state index is 13.1. The van der Waals surface area contributed by atoms with E-state index in [2.05, 4.69) is 68.5 Å². The molecule has 11 atom stereocenters. The summed E-state index contributed by atoms with van der Waals surface area (Å²) in [5, 5.41) is 72.3. The fourth-order valence-corrected chi connectivity index (χ4v) is 9.29. The predicted octanol–water partition coefficient (Wildman–Crippen LogP) is 10.9. The summed E-state index contributed by atoms with van der Waals surface area (Å²) < 4.78 is 34.3. The van der Waals surface area contributed by atoms with E-state index >= 15 is 0 Å². The minimum Gasteiger partial charge on any atom is -0.457 e. The van der Waals surface area contributed by atoms with Crippen molar-refractivity contribution in [1.29, 1.82) is 0 Å². The van der Waals surface area contributed by atoms with Crippen molar-refractivity contribution in [1.82, 2.24) is 0 Å². The first-order valence-electron chi connectivity index (χ1n) is 29.9. The fraction of sp³-hybridized carbons (Fsp3) is 0.820. The lowest BCUT2D eigenvalue weighted by Gasteiger charge is -2.42. The van der Waals surface area contributed by atoms with Crippen molar-refractivity contribution < 1.29 is 69.0 Å². The third-order valence-electron chi connectivity index (χ3n) is 14.1. The highest BCUT2D eigenvalue weighted by molar-refractivity contribution is 5.69. The molecule has 2 heterocycles. The first-order valence-corrected chi connectivity index (χ1v) is 29.9. The molecule has 0 aromatic rings. The maximum Gasteiger partial charge on any atom is 0.306 e. The molecule has 436 valence electrons. The Balaban J connectivity index is 1.70. The number of unbranched alkanes of at least 4 members (excludes halogenated alkanes) is 24. The number of hydrogen-bond donors (Lipinski definition) is 7. The predicted molar refractivity (Wildman–Crippen MR) is 298 cm³/mol. The summed E-state index contributed by atoms with van der Waals surface area (Å²) in [5.41, 5.74) is 0. The highest BCUT2D eigenvalue weighted by Crippen LogP contribution is 2.27. The van der Waals surface area contributed by atoms with Gasteiger partial charge in [-0.05, 0) is 44.9 Å². The Morgan fingerprint density at radius 2 is 0.840 bits per heavy atom. The monoisotopic (exact) mass is 1060 g/mol. The standard InChI is InChI=1S/C61H108O14/c1-3-5-7-9-11-13-15-17-19-21-22-23-24-25-26-27-28-29-30-32-34-36-38-40-42-44-53(63)73-50(47-70-45-43-41-39-37-35-33-31-20-18-16-14-12-10-8-6-4-2)48-71-60-59(69)57(67)55(65)52(75-60)49-72-61-58(68)56(66)54(64)51(46-62)74-61/h6,8,12,14,18,20,33,35,39,41,50-52,54-62,64-69H,3-5,7,9-11,13,15-17,19,21-32,34,36-38,40,42-49H2,1-2H3/b8-6-,14-12-,20-18-,35-33-,41-39-. The molecule has 2 aliphatic rings. The van der Waals surface area contributed by atoms with Gasteiger partial charge < -0.3 is 64.2 Å². The van der Waals surface area contributed by atoms with Crippen molar-refractivity contribution in [2.75, 3.05) is 33.0 Å². The first kappa shape index (κ1) is 68.8. The maximum absolute atomic E-state index is 13.1. The van der Waals surface area contributed by atoms with Crippen LogP contribution in [-0.2, 0) is 33.2 Å². The number of carbonyl (C=O) groups is 1. The topological polar surface area (TPSA) is 214 Å². The largest absolute Gasteiger partial charge is 0.457 e. The molecule has 0 aromatic heterocycles. The van der Waals surface area contributed by atoms with Crippen LogP contribution >= 0.6 is 0 Å². The molecule has 11 unspecified atom stereocenters. The van der Waals surface area contributed by atoms with Gasteiger partial charge in [0, 0.05) is 6.42 Å². The summed E-state index contributed by atoms with van der Waals surface area (Å²) in [4.78, 5) is 13.1. The molecule has 14 nitrogen and oxygen atoms in total. The Kier molecular flexibility index (Phi) is 43.7. The quantitative estimate of drug-likeness (QED) is 0.0172. The molecule has 14 heteroatoms. The van der Waals surface area contributed by atoms with Crippen molar-refractivity contribution in [3.63, 3.8) is 0 Å². The number of carbonyl (C=O) groups excluding carboxylic acids is 1. The lowest BCUT2D eigenvalue weighted by Crippen LogP contribution is -2.61. The number of allylic oxidation sites excluding steroid dienone is 9. The van der Waals surface area contributed by atoms with Crippen molar-refractivity contribution >= 4 is 5.97 Å². The Hall–Kier alpha value is -2.31. The zero-order valence-corrected chi connectivity index (χ0v) is 46.8. The average molecular weight is 1070 g/mol. The van der Waals surface area contributed by atoms with Crippen LogP contribution in [0.25, 0.3) is 0 Å². The third kappa shape index (κ3) is 34.3. The summed E-state index contributed by atoms with van der Waals surface area (Å²) in [5.74, 6) is -0.398. The summed E-state index contributed by atoms with van der Waals surface area (Å²) in [6, 6.07) is 0. The van der Waals surface area contributed by atoms with E-state index < -0.39 is 86.7 Å². The van der Waals surface area contributed by atoms with E-state index in [1.54, 1.807) is 0 Å². The van der Waals surface area contributed by atoms with Crippen LogP contribution in [0.2, 0.25) is 0 Å². The molecule has 2 saturated heterocycles. The van der Waals surface area contributed by atoms with Gasteiger partial charge in [0.2, 0.25) is 0 Å². The third-order valence-corrected chi connectivity index (χ3v) is 14.1. The van der Waals surface area contributed by atoms with Crippen LogP contribution in [0.5, 0.6) is 0 Å². The molecule has 7 N–H and O–H groups in total. The van der Waals surface area contributed by atoms with Crippen molar-refractivity contribution in [3.05, 3.63) is 60.8 Å². The van der Waals surface area contributed by atoms with Crippen LogP contribution in [0.3, 0.4) is 0 Å². The van der Waals surface area contributed by atoms with Gasteiger partial charge in [0.25, 0.3) is 0 Å². The zero-order valence-electron chi connectivity index (χ0n) is 46.8. The molecule has 0 saturated carbocycles.